The Morgan fingerprint density at radius 1 is 0.425 bits per heavy atom. The molecule has 6 aromatic carbocycles. The first-order chi connectivity index (χ1) is 19.8. The monoisotopic (exact) mass is 509 g/mol. The minimum Gasteiger partial charge on any atom is -0.318 e. The van der Waals surface area contributed by atoms with Crippen LogP contribution in [0.25, 0.3) is 71.0 Å². The Balaban J connectivity index is 1.56. The highest BCUT2D eigenvalue weighted by Crippen LogP contribution is 2.44. The highest BCUT2D eigenvalue weighted by molar-refractivity contribution is 6.15. The van der Waals surface area contributed by atoms with Crippen LogP contribution in [-0.2, 0) is 0 Å². The Kier molecular flexibility index (Phi) is 4.89. The van der Waals surface area contributed by atoms with Gasteiger partial charge in [-0.1, -0.05) is 109 Å². The van der Waals surface area contributed by atoms with Crippen LogP contribution in [0.1, 0.15) is 0 Å². The molecule has 0 spiro atoms. The highest BCUT2D eigenvalue weighted by atomic mass is 15.0. The summed E-state index contributed by atoms with van der Waals surface area (Å²) in [6.45, 7) is 8.20. The number of hydrogen-bond acceptors (Lipinski definition) is 0. The predicted molar refractivity (Wildman–Crippen MR) is 167 cm³/mol. The zero-order valence-corrected chi connectivity index (χ0v) is 21.6. The van der Waals surface area contributed by atoms with Crippen LogP contribution in [0, 0.1) is 6.57 Å². The van der Waals surface area contributed by atoms with Crippen LogP contribution in [0.4, 0.5) is 5.69 Å². The van der Waals surface area contributed by atoms with E-state index in [1.807, 2.05) is 12.1 Å². The van der Waals surface area contributed by atoms with Crippen molar-refractivity contribution in [3.05, 3.63) is 151 Å². The van der Waals surface area contributed by atoms with Gasteiger partial charge in [-0.25, -0.2) is 4.85 Å². The first-order valence-electron chi connectivity index (χ1n) is 13.4. The molecular formula is C37H23N3. The maximum absolute atomic E-state index is 8.20. The molecule has 186 valence electrons. The van der Waals surface area contributed by atoms with E-state index in [2.05, 4.69) is 141 Å². The van der Waals surface area contributed by atoms with E-state index < -0.39 is 0 Å². The Labute approximate surface area is 231 Å². The van der Waals surface area contributed by atoms with E-state index in [-0.39, 0.29) is 0 Å². The number of fused-ring (bicyclic) bond motifs is 6. The summed E-state index contributed by atoms with van der Waals surface area (Å²) in [6, 6.07) is 48.7. The van der Waals surface area contributed by atoms with Crippen LogP contribution in [-0.4, -0.2) is 9.13 Å². The smallest absolute Gasteiger partial charge is 0.211 e. The Hall–Kier alpha value is -5.59. The lowest BCUT2D eigenvalue weighted by Gasteiger charge is -2.18. The number of hydrogen-bond donors (Lipinski definition) is 0. The van der Waals surface area contributed by atoms with Gasteiger partial charge in [0.2, 0.25) is 5.69 Å². The van der Waals surface area contributed by atoms with Crippen molar-refractivity contribution >= 4 is 49.3 Å². The third-order valence-electron chi connectivity index (χ3n) is 7.94. The van der Waals surface area contributed by atoms with E-state index in [0.29, 0.717) is 5.69 Å². The molecule has 40 heavy (non-hydrogen) atoms. The van der Waals surface area contributed by atoms with Crippen molar-refractivity contribution in [3.8, 4) is 22.5 Å². The van der Waals surface area contributed by atoms with Gasteiger partial charge in [-0.15, -0.1) is 0 Å². The molecular weight excluding hydrogens is 486 g/mol. The third kappa shape index (κ3) is 3.11. The van der Waals surface area contributed by atoms with Crippen LogP contribution in [0.3, 0.4) is 0 Å². The zero-order valence-electron chi connectivity index (χ0n) is 21.6. The maximum atomic E-state index is 8.20. The first-order valence-corrected chi connectivity index (χ1v) is 13.4. The van der Waals surface area contributed by atoms with Crippen molar-refractivity contribution in [1.82, 2.24) is 9.13 Å². The molecule has 0 atom stereocenters. The lowest BCUT2D eigenvalue weighted by Crippen LogP contribution is -2.00. The second kappa shape index (κ2) is 8.73. The second-order valence-corrected chi connectivity index (χ2v) is 10.0. The summed E-state index contributed by atoms with van der Waals surface area (Å²) < 4.78 is 4.64. The average Bonchev–Trinajstić information content (AvgIpc) is 3.54. The van der Waals surface area contributed by atoms with Gasteiger partial charge >= 0.3 is 0 Å². The molecule has 0 unspecified atom stereocenters. The van der Waals surface area contributed by atoms with Gasteiger partial charge < -0.3 is 9.13 Å². The Morgan fingerprint density at radius 3 is 1.57 bits per heavy atom. The number of aromatic nitrogens is 2. The Morgan fingerprint density at radius 2 is 0.925 bits per heavy atom. The minimum absolute atomic E-state index is 0.628. The molecule has 3 heteroatoms. The molecule has 0 aliphatic rings. The third-order valence-corrected chi connectivity index (χ3v) is 7.94. The second-order valence-electron chi connectivity index (χ2n) is 10.0. The van der Waals surface area contributed by atoms with Gasteiger partial charge in [-0.3, -0.25) is 0 Å². The van der Waals surface area contributed by atoms with E-state index in [1.165, 1.54) is 21.5 Å². The van der Waals surface area contributed by atoms with Crippen LogP contribution in [0.5, 0.6) is 0 Å². The summed E-state index contributed by atoms with van der Waals surface area (Å²) in [4.78, 5) is 4.05. The summed E-state index contributed by atoms with van der Waals surface area (Å²) in [5.74, 6) is 0. The molecule has 0 amide bonds. The molecule has 2 heterocycles. The SMILES string of the molecule is [C-]#[N+]c1cccc(-c2cccc3c4ccccc4n(-c4ccccc4)c23)c1-n1c2ccccc2c2ccccc21. The quantitative estimate of drug-likeness (QED) is 0.210. The van der Waals surface area contributed by atoms with Crippen molar-refractivity contribution in [2.24, 2.45) is 0 Å². The van der Waals surface area contributed by atoms with Crippen LogP contribution in [0.15, 0.2) is 140 Å². The molecule has 2 aromatic heterocycles. The van der Waals surface area contributed by atoms with E-state index in [1.54, 1.807) is 0 Å². The number of para-hydroxylation sites is 6. The highest BCUT2D eigenvalue weighted by Gasteiger charge is 2.22. The summed E-state index contributed by atoms with van der Waals surface area (Å²) in [6.07, 6.45) is 0. The number of rotatable bonds is 3. The summed E-state index contributed by atoms with van der Waals surface area (Å²) in [5.41, 5.74) is 9.27. The van der Waals surface area contributed by atoms with Crippen LogP contribution < -0.4 is 0 Å². The zero-order chi connectivity index (χ0) is 26.6. The van der Waals surface area contributed by atoms with Crippen LogP contribution >= 0.6 is 0 Å². The van der Waals surface area contributed by atoms with Gasteiger partial charge in [0, 0.05) is 32.8 Å². The van der Waals surface area contributed by atoms with Crippen molar-refractivity contribution in [2.45, 2.75) is 0 Å². The molecule has 8 rings (SSSR count). The average molecular weight is 510 g/mol. The molecule has 3 nitrogen and oxygen atoms in total. The molecule has 0 fully saturated rings. The van der Waals surface area contributed by atoms with Gasteiger partial charge in [0.05, 0.1) is 34.3 Å². The molecule has 0 aliphatic carbocycles. The minimum atomic E-state index is 0.628. The van der Waals surface area contributed by atoms with Gasteiger partial charge in [-0.2, -0.15) is 0 Å². The fourth-order valence-electron chi connectivity index (χ4n) is 6.32. The van der Waals surface area contributed by atoms with E-state index in [0.717, 1.165) is 44.6 Å². The summed E-state index contributed by atoms with van der Waals surface area (Å²) in [5, 5.41) is 4.77. The summed E-state index contributed by atoms with van der Waals surface area (Å²) >= 11 is 0. The maximum Gasteiger partial charge on any atom is 0.211 e. The van der Waals surface area contributed by atoms with Crippen LogP contribution in [0.2, 0.25) is 0 Å². The van der Waals surface area contributed by atoms with Gasteiger partial charge in [0.15, 0.2) is 0 Å². The Bertz CT molecular complexity index is 2220. The lowest BCUT2D eigenvalue weighted by atomic mass is 9.99. The normalized spacial score (nSPS) is 11.5. The van der Waals surface area contributed by atoms with Gasteiger partial charge in [0.1, 0.15) is 0 Å². The molecule has 0 saturated carbocycles. The van der Waals surface area contributed by atoms with Crippen molar-refractivity contribution in [1.29, 1.82) is 0 Å². The topological polar surface area (TPSA) is 14.2 Å². The predicted octanol–water partition coefficient (Wildman–Crippen LogP) is 10.1. The van der Waals surface area contributed by atoms with E-state index in [4.69, 9.17) is 6.57 Å². The fourth-order valence-corrected chi connectivity index (χ4v) is 6.32. The molecule has 0 radical (unpaired) electrons. The molecule has 0 saturated heterocycles. The molecule has 0 bridgehead atoms. The number of benzene rings is 6. The van der Waals surface area contributed by atoms with Crippen molar-refractivity contribution < 1.29 is 0 Å². The molecule has 0 aliphatic heterocycles. The van der Waals surface area contributed by atoms with Crippen molar-refractivity contribution in [2.75, 3.05) is 0 Å². The lowest BCUT2D eigenvalue weighted by molar-refractivity contribution is 1.17. The van der Waals surface area contributed by atoms with Gasteiger partial charge in [-0.05, 0) is 35.9 Å². The van der Waals surface area contributed by atoms with Gasteiger partial charge in [0.25, 0.3) is 0 Å². The first kappa shape index (κ1) is 22.4. The van der Waals surface area contributed by atoms with Crippen molar-refractivity contribution in [3.63, 3.8) is 0 Å². The summed E-state index contributed by atoms with van der Waals surface area (Å²) in [7, 11) is 0. The fraction of sp³-hybridized carbons (Fsp3) is 0. The van der Waals surface area contributed by atoms with E-state index in [9.17, 15) is 0 Å². The van der Waals surface area contributed by atoms with E-state index >= 15 is 0 Å². The number of nitrogens with zero attached hydrogens (tertiary/aromatic N) is 3. The largest absolute Gasteiger partial charge is 0.318 e. The molecule has 8 aromatic rings. The standard InChI is InChI=1S/C37H23N3/c1-38-32-21-12-20-31(37(32)40-34-23-9-5-15-26(34)27-16-6-10-24-35(27)40)30-19-11-18-29-28-17-7-8-22-33(28)39(36(29)30)25-13-3-2-4-14-25/h2-24H. The molecule has 0 N–H and O–H groups in total.